The molecule has 132 valence electrons. The Labute approximate surface area is 134 Å². The van der Waals surface area contributed by atoms with E-state index in [4.69, 9.17) is 9.47 Å². The highest BCUT2D eigenvalue weighted by molar-refractivity contribution is 4.82. The highest BCUT2D eigenvalue weighted by atomic mass is 16.7. The fourth-order valence-electron chi connectivity index (χ4n) is 2.71. The van der Waals surface area contributed by atoms with Gasteiger partial charge in [-0.3, -0.25) is 0 Å². The molecule has 0 radical (unpaired) electrons. The van der Waals surface area contributed by atoms with Crippen molar-refractivity contribution in [3.63, 3.8) is 0 Å². The van der Waals surface area contributed by atoms with Gasteiger partial charge in [0.2, 0.25) is 0 Å². The maximum absolute atomic E-state index is 9.71. The van der Waals surface area contributed by atoms with Crippen LogP contribution in [-0.2, 0) is 9.47 Å². The number of unbranched alkanes of at least 4 members (excludes halogenated alkanes) is 9. The van der Waals surface area contributed by atoms with Crippen molar-refractivity contribution in [3.8, 4) is 0 Å². The fourth-order valence-corrected chi connectivity index (χ4v) is 2.71. The Morgan fingerprint density at radius 3 is 1.95 bits per heavy atom. The first-order valence-corrected chi connectivity index (χ1v) is 8.94. The van der Waals surface area contributed by atoms with Crippen LogP contribution < -0.4 is 0 Å². The first-order valence-electron chi connectivity index (χ1n) is 8.94. The van der Waals surface area contributed by atoms with Crippen LogP contribution >= 0.6 is 0 Å². The summed E-state index contributed by atoms with van der Waals surface area (Å²) in [7, 11) is 0. The summed E-state index contributed by atoms with van der Waals surface area (Å²) in [5.74, 6) is 0. The summed E-state index contributed by atoms with van der Waals surface area (Å²) in [6.45, 7) is 2.75. The van der Waals surface area contributed by atoms with Gasteiger partial charge in [0, 0.05) is 6.61 Å². The van der Waals surface area contributed by atoms with Crippen LogP contribution in [0.25, 0.3) is 0 Å². The third-order valence-electron chi connectivity index (χ3n) is 4.23. The molecule has 1 aliphatic heterocycles. The standard InChI is InChI=1S/C17H34O5/c1-2-3-4-5-6-7-8-9-10-11-12-21-17-16(20)15(19)14(18)13-22-17/h14-20H,2-13H2,1H3/t14-,15+,16-,17-/m1/s1. The Hall–Kier alpha value is -0.200. The summed E-state index contributed by atoms with van der Waals surface area (Å²) in [5.41, 5.74) is 0. The molecule has 0 aliphatic carbocycles. The quantitative estimate of drug-likeness (QED) is 0.481. The van der Waals surface area contributed by atoms with E-state index in [0.717, 1.165) is 12.8 Å². The third-order valence-corrected chi connectivity index (χ3v) is 4.23. The lowest BCUT2D eigenvalue weighted by atomic mass is 10.1. The molecule has 1 fully saturated rings. The SMILES string of the molecule is CCCCCCCCCCCCO[C@@H]1OC[C@@H](O)[C@H](O)[C@H]1O. The van der Waals surface area contributed by atoms with Crippen LogP contribution in [0.3, 0.4) is 0 Å². The van der Waals surface area contributed by atoms with Crippen LogP contribution in [0.15, 0.2) is 0 Å². The van der Waals surface area contributed by atoms with Crippen LogP contribution in [0.2, 0.25) is 0 Å². The summed E-state index contributed by atoms with van der Waals surface area (Å²) in [4.78, 5) is 0. The molecule has 0 bridgehead atoms. The maximum atomic E-state index is 9.71. The van der Waals surface area contributed by atoms with Crippen LogP contribution in [0, 0.1) is 0 Å². The van der Waals surface area contributed by atoms with Gasteiger partial charge >= 0.3 is 0 Å². The summed E-state index contributed by atoms with van der Waals surface area (Å²) in [6, 6.07) is 0. The Balaban J connectivity index is 1.89. The molecular formula is C17H34O5. The lowest BCUT2D eigenvalue weighted by molar-refractivity contribution is -0.270. The number of rotatable bonds is 12. The Bertz CT molecular complexity index is 261. The average Bonchev–Trinajstić information content (AvgIpc) is 2.52. The van der Waals surface area contributed by atoms with E-state index in [9.17, 15) is 15.3 Å². The van der Waals surface area contributed by atoms with Crippen molar-refractivity contribution in [2.75, 3.05) is 13.2 Å². The van der Waals surface area contributed by atoms with Crippen LogP contribution in [0.1, 0.15) is 71.1 Å². The largest absolute Gasteiger partial charge is 0.388 e. The normalized spacial score (nSPS) is 28.9. The number of hydrogen-bond donors (Lipinski definition) is 3. The third kappa shape index (κ3) is 7.88. The molecule has 0 amide bonds. The molecule has 5 heteroatoms. The van der Waals surface area contributed by atoms with E-state index in [-0.39, 0.29) is 6.61 Å². The molecule has 3 N–H and O–H groups in total. The Kier molecular flexibility index (Phi) is 11.1. The minimum atomic E-state index is -1.19. The summed E-state index contributed by atoms with van der Waals surface area (Å²) >= 11 is 0. The zero-order valence-corrected chi connectivity index (χ0v) is 14.0. The second-order valence-electron chi connectivity index (χ2n) is 6.30. The molecule has 0 spiro atoms. The van der Waals surface area contributed by atoms with E-state index in [0.29, 0.717) is 6.61 Å². The fraction of sp³-hybridized carbons (Fsp3) is 1.00. The number of aliphatic hydroxyl groups is 3. The van der Waals surface area contributed by atoms with Gasteiger partial charge in [-0.15, -0.1) is 0 Å². The topological polar surface area (TPSA) is 79.2 Å². The molecule has 22 heavy (non-hydrogen) atoms. The summed E-state index contributed by atoms with van der Waals surface area (Å²) in [5, 5.41) is 28.6. The van der Waals surface area contributed by atoms with Gasteiger partial charge in [-0.05, 0) is 6.42 Å². The predicted octanol–water partition coefficient (Wildman–Crippen LogP) is 2.36. The van der Waals surface area contributed by atoms with E-state index < -0.39 is 24.6 Å². The maximum Gasteiger partial charge on any atom is 0.186 e. The van der Waals surface area contributed by atoms with E-state index in [2.05, 4.69) is 6.92 Å². The molecule has 0 unspecified atom stereocenters. The number of ether oxygens (including phenoxy) is 2. The van der Waals surface area contributed by atoms with Gasteiger partial charge < -0.3 is 24.8 Å². The van der Waals surface area contributed by atoms with Crippen LogP contribution in [0.4, 0.5) is 0 Å². The molecule has 5 nitrogen and oxygen atoms in total. The van der Waals surface area contributed by atoms with Gasteiger partial charge in [-0.2, -0.15) is 0 Å². The second-order valence-corrected chi connectivity index (χ2v) is 6.30. The zero-order valence-electron chi connectivity index (χ0n) is 14.0. The zero-order chi connectivity index (χ0) is 16.2. The molecular weight excluding hydrogens is 284 g/mol. The molecule has 1 saturated heterocycles. The molecule has 1 rings (SSSR count). The van der Waals surface area contributed by atoms with E-state index >= 15 is 0 Å². The minimum absolute atomic E-state index is 0.000917. The Morgan fingerprint density at radius 1 is 0.818 bits per heavy atom. The van der Waals surface area contributed by atoms with Gasteiger partial charge in [0.15, 0.2) is 6.29 Å². The monoisotopic (exact) mass is 318 g/mol. The smallest absolute Gasteiger partial charge is 0.186 e. The van der Waals surface area contributed by atoms with E-state index in [1.165, 1.54) is 51.4 Å². The van der Waals surface area contributed by atoms with Crippen molar-refractivity contribution in [2.45, 2.75) is 95.7 Å². The van der Waals surface area contributed by atoms with Crippen molar-refractivity contribution in [3.05, 3.63) is 0 Å². The molecule has 1 heterocycles. The van der Waals surface area contributed by atoms with Crippen molar-refractivity contribution >= 4 is 0 Å². The summed E-state index contributed by atoms with van der Waals surface area (Å²) in [6.07, 6.45) is 8.38. The highest BCUT2D eigenvalue weighted by Crippen LogP contribution is 2.17. The van der Waals surface area contributed by atoms with Gasteiger partial charge in [-0.25, -0.2) is 0 Å². The predicted molar refractivity (Wildman–Crippen MR) is 85.6 cm³/mol. The van der Waals surface area contributed by atoms with Crippen molar-refractivity contribution in [1.82, 2.24) is 0 Å². The molecule has 4 atom stereocenters. The molecule has 0 aromatic rings. The van der Waals surface area contributed by atoms with Gasteiger partial charge in [-0.1, -0.05) is 64.7 Å². The van der Waals surface area contributed by atoms with Crippen LogP contribution in [-0.4, -0.2) is 53.1 Å². The Morgan fingerprint density at radius 2 is 1.36 bits per heavy atom. The van der Waals surface area contributed by atoms with E-state index in [1.54, 1.807) is 0 Å². The first kappa shape index (κ1) is 19.8. The average molecular weight is 318 g/mol. The molecule has 1 aliphatic rings. The second kappa shape index (κ2) is 12.3. The summed E-state index contributed by atoms with van der Waals surface area (Å²) < 4.78 is 10.6. The van der Waals surface area contributed by atoms with Gasteiger partial charge in [0.25, 0.3) is 0 Å². The van der Waals surface area contributed by atoms with Crippen LogP contribution in [0.5, 0.6) is 0 Å². The first-order chi connectivity index (χ1) is 10.7. The highest BCUT2D eigenvalue weighted by Gasteiger charge is 2.37. The van der Waals surface area contributed by atoms with Gasteiger partial charge in [0.1, 0.15) is 18.3 Å². The lowest BCUT2D eigenvalue weighted by Gasteiger charge is -2.34. The number of hydrogen-bond acceptors (Lipinski definition) is 5. The lowest BCUT2D eigenvalue weighted by Crippen LogP contribution is -2.53. The molecule has 0 aromatic heterocycles. The van der Waals surface area contributed by atoms with Crippen molar-refractivity contribution in [2.24, 2.45) is 0 Å². The molecule has 0 saturated carbocycles. The van der Waals surface area contributed by atoms with Crippen molar-refractivity contribution < 1.29 is 24.8 Å². The number of aliphatic hydroxyl groups excluding tert-OH is 3. The van der Waals surface area contributed by atoms with Crippen molar-refractivity contribution in [1.29, 1.82) is 0 Å². The van der Waals surface area contributed by atoms with E-state index in [1.807, 2.05) is 0 Å². The molecule has 0 aromatic carbocycles. The minimum Gasteiger partial charge on any atom is -0.388 e. The van der Waals surface area contributed by atoms with Gasteiger partial charge in [0.05, 0.1) is 6.61 Å².